The zero-order chi connectivity index (χ0) is 16.9. The number of rotatable bonds is 5. The van der Waals surface area contributed by atoms with Crippen molar-refractivity contribution in [2.24, 2.45) is 0 Å². The van der Waals surface area contributed by atoms with Crippen LogP contribution in [-0.4, -0.2) is 15.7 Å². The van der Waals surface area contributed by atoms with Gasteiger partial charge in [-0.25, -0.2) is 4.39 Å². The van der Waals surface area contributed by atoms with Crippen LogP contribution in [0.15, 0.2) is 60.8 Å². The van der Waals surface area contributed by atoms with E-state index in [1.807, 2.05) is 36.4 Å². The van der Waals surface area contributed by atoms with Crippen molar-refractivity contribution in [2.75, 3.05) is 0 Å². The molecular formula is C19H18FN3O. The van der Waals surface area contributed by atoms with E-state index in [0.29, 0.717) is 12.1 Å². The molecule has 0 bridgehead atoms. The summed E-state index contributed by atoms with van der Waals surface area (Å²) in [7, 11) is 0. The van der Waals surface area contributed by atoms with Gasteiger partial charge < -0.3 is 5.32 Å². The quantitative estimate of drug-likeness (QED) is 0.783. The van der Waals surface area contributed by atoms with E-state index < -0.39 is 0 Å². The lowest BCUT2D eigenvalue weighted by molar-refractivity contribution is -0.122. The number of halogens is 1. The average molecular weight is 323 g/mol. The van der Waals surface area contributed by atoms with Crippen molar-refractivity contribution in [2.45, 2.75) is 20.0 Å². The number of carbonyl (C=O) groups is 1. The van der Waals surface area contributed by atoms with Crippen LogP contribution in [-0.2, 0) is 17.9 Å². The van der Waals surface area contributed by atoms with E-state index in [0.717, 1.165) is 16.8 Å². The molecule has 3 rings (SSSR count). The molecule has 1 heterocycles. The molecule has 4 nitrogen and oxygen atoms in total. The topological polar surface area (TPSA) is 46.9 Å². The molecule has 24 heavy (non-hydrogen) atoms. The first-order valence-electron chi connectivity index (χ1n) is 7.72. The monoisotopic (exact) mass is 323 g/mol. The predicted molar refractivity (Wildman–Crippen MR) is 90.6 cm³/mol. The average Bonchev–Trinajstić information content (AvgIpc) is 3.05. The highest BCUT2D eigenvalue weighted by Crippen LogP contribution is 2.15. The largest absolute Gasteiger partial charge is 0.350 e. The molecule has 0 saturated carbocycles. The van der Waals surface area contributed by atoms with Crippen molar-refractivity contribution >= 4 is 5.91 Å². The number of hydrogen-bond acceptors (Lipinski definition) is 2. The first-order chi connectivity index (χ1) is 11.6. The second-order valence-electron chi connectivity index (χ2n) is 5.62. The molecule has 0 aliphatic carbocycles. The SMILES string of the molecule is Cc1ccc(CNC(=O)Cn2ccc(-c3ccccc3)n2)cc1F. The van der Waals surface area contributed by atoms with Crippen LogP contribution in [0.25, 0.3) is 11.3 Å². The molecule has 1 amide bonds. The summed E-state index contributed by atoms with van der Waals surface area (Å²) in [4.78, 5) is 12.0. The molecule has 1 aromatic heterocycles. The maximum absolute atomic E-state index is 13.5. The summed E-state index contributed by atoms with van der Waals surface area (Å²) in [5.74, 6) is -0.431. The number of aromatic nitrogens is 2. The molecule has 0 saturated heterocycles. The van der Waals surface area contributed by atoms with E-state index in [1.165, 1.54) is 6.07 Å². The number of aryl methyl sites for hydroxylation is 1. The Hall–Kier alpha value is -2.95. The summed E-state index contributed by atoms with van der Waals surface area (Å²) >= 11 is 0. The van der Waals surface area contributed by atoms with Crippen LogP contribution in [0.1, 0.15) is 11.1 Å². The summed E-state index contributed by atoms with van der Waals surface area (Å²) < 4.78 is 15.1. The molecular weight excluding hydrogens is 305 g/mol. The third-order valence-electron chi connectivity index (χ3n) is 3.74. The van der Waals surface area contributed by atoms with E-state index in [4.69, 9.17) is 0 Å². The van der Waals surface area contributed by atoms with Crippen molar-refractivity contribution in [3.8, 4) is 11.3 Å². The zero-order valence-corrected chi connectivity index (χ0v) is 13.4. The van der Waals surface area contributed by atoms with Gasteiger partial charge in [-0.15, -0.1) is 0 Å². The molecule has 3 aromatic rings. The van der Waals surface area contributed by atoms with Crippen LogP contribution < -0.4 is 5.32 Å². The van der Waals surface area contributed by atoms with Crippen molar-refractivity contribution in [3.63, 3.8) is 0 Å². The van der Waals surface area contributed by atoms with Gasteiger partial charge in [-0.2, -0.15) is 5.10 Å². The number of amides is 1. The number of nitrogens with one attached hydrogen (secondary N) is 1. The van der Waals surface area contributed by atoms with Crippen LogP contribution in [0.3, 0.4) is 0 Å². The molecule has 0 aliphatic rings. The van der Waals surface area contributed by atoms with Gasteiger partial charge in [-0.05, 0) is 30.2 Å². The molecule has 122 valence electrons. The normalized spacial score (nSPS) is 10.6. The molecule has 2 aromatic carbocycles. The van der Waals surface area contributed by atoms with Crippen molar-refractivity contribution in [1.29, 1.82) is 0 Å². The Morgan fingerprint density at radius 3 is 2.71 bits per heavy atom. The fraction of sp³-hybridized carbons (Fsp3) is 0.158. The zero-order valence-electron chi connectivity index (χ0n) is 13.4. The van der Waals surface area contributed by atoms with Crippen LogP contribution in [0.4, 0.5) is 4.39 Å². The maximum Gasteiger partial charge on any atom is 0.241 e. The van der Waals surface area contributed by atoms with Crippen molar-refractivity contribution in [3.05, 3.63) is 77.7 Å². The molecule has 0 spiro atoms. The summed E-state index contributed by atoms with van der Waals surface area (Å²) in [6.07, 6.45) is 1.77. The fourth-order valence-electron chi connectivity index (χ4n) is 2.36. The Bertz CT molecular complexity index is 843. The Labute approximate surface area is 139 Å². The van der Waals surface area contributed by atoms with Gasteiger partial charge in [0.15, 0.2) is 0 Å². The highest BCUT2D eigenvalue weighted by Gasteiger charge is 2.07. The van der Waals surface area contributed by atoms with E-state index in [-0.39, 0.29) is 18.3 Å². The van der Waals surface area contributed by atoms with Crippen LogP contribution in [0.2, 0.25) is 0 Å². The lowest BCUT2D eigenvalue weighted by Crippen LogP contribution is -2.27. The third kappa shape index (κ3) is 3.87. The van der Waals surface area contributed by atoms with E-state index in [2.05, 4.69) is 10.4 Å². The Morgan fingerprint density at radius 1 is 1.17 bits per heavy atom. The van der Waals surface area contributed by atoms with Gasteiger partial charge in [0.2, 0.25) is 5.91 Å². The summed E-state index contributed by atoms with van der Waals surface area (Å²) in [5.41, 5.74) is 3.16. The molecule has 0 fully saturated rings. The molecule has 5 heteroatoms. The first kappa shape index (κ1) is 15.9. The molecule has 0 radical (unpaired) electrons. The minimum absolute atomic E-state index is 0.126. The van der Waals surface area contributed by atoms with E-state index >= 15 is 0 Å². The first-order valence-corrected chi connectivity index (χ1v) is 7.72. The highest BCUT2D eigenvalue weighted by molar-refractivity contribution is 5.75. The van der Waals surface area contributed by atoms with Gasteiger partial charge in [0.25, 0.3) is 0 Å². The van der Waals surface area contributed by atoms with Crippen molar-refractivity contribution < 1.29 is 9.18 Å². The summed E-state index contributed by atoms with van der Waals surface area (Å²) in [6.45, 7) is 2.13. The number of carbonyl (C=O) groups excluding carboxylic acids is 1. The Morgan fingerprint density at radius 2 is 1.96 bits per heavy atom. The Balaban J connectivity index is 1.57. The minimum atomic E-state index is -0.263. The lowest BCUT2D eigenvalue weighted by Gasteiger charge is -2.06. The summed E-state index contributed by atoms with van der Waals surface area (Å²) in [5, 5.41) is 7.17. The second-order valence-corrected chi connectivity index (χ2v) is 5.62. The van der Waals surface area contributed by atoms with Crippen LogP contribution in [0.5, 0.6) is 0 Å². The van der Waals surface area contributed by atoms with Gasteiger partial charge in [0.1, 0.15) is 12.4 Å². The fourth-order valence-corrected chi connectivity index (χ4v) is 2.36. The third-order valence-corrected chi connectivity index (χ3v) is 3.74. The standard InChI is InChI=1S/C19H18FN3O/c1-14-7-8-15(11-17(14)20)12-21-19(24)13-23-10-9-18(22-23)16-5-3-2-4-6-16/h2-11H,12-13H2,1H3,(H,21,24). The smallest absolute Gasteiger partial charge is 0.241 e. The van der Waals surface area contributed by atoms with Crippen LogP contribution >= 0.6 is 0 Å². The van der Waals surface area contributed by atoms with Gasteiger partial charge in [0, 0.05) is 18.3 Å². The minimum Gasteiger partial charge on any atom is -0.350 e. The number of hydrogen-bond donors (Lipinski definition) is 1. The van der Waals surface area contributed by atoms with E-state index in [9.17, 15) is 9.18 Å². The lowest BCUT2D eigenvalue weighted by atomic mass is 10.1. The Kier molecular flexibility index (Phi) is 4.70. The molecule has 0 atom stereocenters. The molecule has 0 aliphatic heterocycles. The van der Waals surface area contributed by atoms with Gasteiger partial charge in [-0.3, -0.25) is 9.48 Å². The highest BCUT2D eigenvalue weighted by atomic mass is 19.1. The summed E-state index contributed by atoms with van der Waals surface area (Å²) in [6, 6.07) is 16.6. The van der Waals surface area contributed by atoms with Gasteiger partial charge in [-0.1, -0.05) is 42.5 Å². The predicted octanol–water partition coefficient (Wildman–Crippen LogP) is 3.31. The van der Waals surface area contributed by atoms with Gasteiger partial charge in [0.05, 0.1) is 5.69 Å². The van der Waals surface area contributed by atoms with Gasteiger partial charge >= 0.3 is 0 Å². The van der Waals surface area contributed by atoms with Crippen molar-refractivity contribution in [1.82, 2.24) is 15.1 Å². The molecule has 1 N–H and O–H groups in total. The maximum atomic E-state index is 13.5. The number of benzene rings is 2. The molecule has 0 unspecified atom stereocenters. The van der Waals surface area contributed by atoms with Crippen LogP contribution in [0, 0.1) is 12.7 Å². The van der Waals surface area contributed by atoms with E-state index in [1.54, 1.807) is 29.9 Å². The second kappa shape index (κ2) is 7.08. The number of nitrogens with zero attached hydrogens (tertiary/aromatic N) is 2.